The first-order chi connectivity index (χ1) is 15.8. The van der Waals surface area contributed by atoms with Crippen molar-refractivity contribution in [2.24, 2.45) is 4.99 Å². The highest BCUT2D eigenvalue weighted by Crippen LogP contribution is 2.28. The molecule has 33 heavy (non-hydrogen) atoms. The zero-order chi connectivity index (χ0) is 23.5. The summed E-state index contributed by atoms with van der Waals surface area (Å²) >= 11 is 0. The van der Waals surface area contributed by atoms with E-state index in [2.05, 4.69) is 15.6 Å². The number of urea groups is 1. The van der Waals surface area contributed by atoms with E-state index < -0.39 is 35.6 Å². The molecule has 1 atom stereocenters. The summed E-state index contributed by atoms with van der Waals surface area (Å²) < 4.78 is 41.5. The van der Waals surface area contributed by atoms with Gasteiger partial charge in [-0.3, -0.25) is 4.79 Å². The second kappa shape index (κ2) is 9.15. The molecule has 3 aromatic rings. The van der Waals surface area contributed by atoms with Crippen molar-refractivity contribution in [3.8, 4) is 0 Å². The van der Waals surface area contributed by atoms with Gasteiger partial charge in [0.15, 0.2) is 0 Å². The van der Waals surface area contributed by atoms with Gasteiger partial charge in [0, 0.05) is 36.3 Å². The smallest absolute Gasteiger partial charge is 0.317 e. The summed E-state index contributed by atoms with van der Waals surface area (Å²) in [6, 6.07) is 15.1. The monoisotopic (exact) mass is 452 g/mol. The minimum absolute atomic E-state index is 0.0683. The van der Waals surface area contributed by atoms with Crippen LogP contribution in [0.25, 0.3) is 0 Å². The van der Waals surface area contributed by atoms with Gasteiger partial charge in [-0.1, -0.05) is 36.4 Å². The number of anilines is 1. The van der Waals surface area contributed by atoms with Gasteiger partial charge in [-0.05, 0) is 24.3 Å². The van der Waals surface area contributed by atoms with Crippen molar-refractivity contribution in [3.05, 3.63) is 101 Å². The SMILES string of the molecule is CN1C(=O)C(NC(=O)NCc2ccc(F)cc2F)N=C(c2ccccc2F)c2ccccc21. The summed E-state index contributed by atoms with van der Waals surface area (Å²) in [5, 5.41) is 4.87. The molecule has 9 heteroatoms. The first kappa shape index (κ1) is 22.1. The zero-order valence-corrected chi connectivity index (χ0v) is 17.5. The molecule has 0 saturated carbocycles. The van der Waals surface area contributed by atoms with Gasteiger partial charge < -0.3 is 15.5 Å². The predicted octanol–water partition coefficient (Wildman–Crippen LogP) is 3.74. The summed E-state index contributed by atoms with van der Waals surface area (Å²) in [4.78, 5) is 31.3. The summed E-state index contributed by atoms with van der Waals surface area (Å²) in [5.41, 5.74) is 1.47. The number of fused-ring (bicyclic) bond motifs is 1. The highest BCUT2D eigenvalue weighted by Gasteiger charge is 2.31. The van der Waals surface area contributed by atoms with E-state index in [0.717, 1.165) is 6.07 Å². The summed E-state index contributed by atoms with van der Waals surface area (Å²) in [6.07, 6.45) is -1.37. The van der Waals surface area contributed by atoms with Crippen LogP contribution in [0.3, 0.4) is 0 Å². The average Bonchev–Trinajstić information content (AvgIpc) is 2.90. The number of para-hydroxylation sites is 1. The summed E-state index contributed by atoms with van der Waals surface area (Å²) in [5.74, 6) is -2.62. The third-order valence-corrected chi connectivity index (χ3v) is 5.19. The second-order valence-electron chi connectivity index (χ2n) is 7.34. The molecule has 0 bridgehead atoms. The Morgan fingerprint density at radius 3 is 2.39 bits per heavy atom. The Labute approximate surface area is 187 Å². The lowest BCUT2D eigenvalue weighted by Crippen LogP contribution is -2.49. The van der Waals surface area contributed by atoms with Crippen molar-refractivity contribution < 1.29 is 22.8 Å². The van der Waals surface area contributed by atoms with Gasteiger partial charge in [-0.2, -0.15) is 0 Å². The van der Waals surface area contributed by atoms with Crippen molar-refractivity contribution >= 4 is 23.3 Å². The number of amides is 3. The van der Waals surface area contributed by atoms with Crippen LogP contribution >= 0.6 is 0 Å². The molecule has 0 aliphatic carbocycles. The third-order valence-electron chi connectivity index (χ3n) is 5.19. The van der Waals surface area contributed by atoms with E-state index >= 15 is 0 Å². The topological polar surface area (TPSA) is 73.8 Å². The molecular weight excluding hydrogens is 433 g/mol. The van der Waals surface area contributed by atoms with Crippen molar-refractivity contribution in [2.75, 3.05) is 11.9 Å². The average molecular weight is 452 g/mol. The first-order valence-electron chi connectivity index (χ1n) is 10.0. The van der Waals surface area contributed by atoms with Crippen molar-refractivity contribution in [1.82, 2.24) is 10.6 Å². The van der Waals surface area contributed by atoms with Crippen molar-refractivity contribution in [2.45, 2.75) is 12.7 Å². The number of aliphatic imine (C=N–C) groups is 1. The fraction of sp³-hybridized carbons (Fsp3) is 0.125. The van der Waals surface area contributed by atoms with E-state index in [1.54, 1.807) is 30.3 Å². The molecule has 0 radical (unpaired) electrons. The molecule has 168 valence electrons. The fourth-order valence-electron chi connectivity index (χ4n) is 3.50. The highest BCUT2D eigenvalue weighted by atomic mass is 19.1. The van der Waals surface area contributed by atoms with Crippen LogP contribution in [0.2, 0.25) is 0 Å². The third kappa shape index (κ3) is 4.57. The number of nitrogens with zero attached hydrogens (tertiary/aromatic N) is 2. The van der Waals surface area contributed by atoms with E-state index in [0.29, 0.717) is 17.3 Å². The number of benzene rings is 3. The lowest BCUT2D eigenvalue weighted by atomic mass is 10.00. The molecule has 6 nitrogen and oxygen atoms in total. The molecule has 1 unspecified atom stereocenters. The van der Waals surface area contributed by atoms with Gasteiger partial charge in [0.25, 0.3) is 5.91 Å². The number of hydrogen-bond donors (Lipinski definition) is 2. The van der Waals surface area contributed by atoms with Gasteiger partial charge in [-0.15, -0.1) is 0 Å². The first-order valence-corrected chi connectivity index (χ1v) is 10.0. The number of likely N-dealkylation sites (N-methyl/N-ethyl adjacent to an activating group) is 1. The Morgan fingerprint density at radius 2 is 1.67 bits per heavy atom. The number of carbonyl (C=O) groups is 2. The van der Waals surface area contributed by atoms with Crippen LogP contribution in [-0.2, 0) is 11.3 Å². The molecule has 3 amide bonds. The minimum Gasteiger partial charge on any atom is -0.334 e. The molecule has 2 N–H and O–H groups in total. The normalized spacial score (nSPS) is 15.4. The van der Waals surface area contributed by atoms with Crippen LogP contribution in [0.4, 0.5) is 23.7 Å². The molecule has 4 rings (SSSR count). The Bertz CT molecular complexity index is 1260. The van der Waals surface area contributed by atoms with E-state index in [1.165, 1.54) is 36.2 Å². The molecule has 3 aromatic carbocycles. The maximum atomic E-state index is 14.6. The molecule has 1 aliphatic heterocycles. The van der Waals surface area contributed by atoms with E-state index in [1.807, 2.05) is 0 Å². The number of rotatable bonds is 4. The van der Waals surface area contributed by atoms with Crippen LogP contribution in [0.1, 0.15) is 16.7 Å². The van der Waals surface area contributed by atoms with E-state index in [4.69, 9.17) is 0 Å². The van der Waals surface area contributed by atoms with Crippen LogP contribution in [0.5, 0.6) is 0 Å². The lowest BCUT2D eigenvalue weighted by Gasteiger charge is -2.21. The number of hydrogen-bond acceptors (Lipinski definition) is 3. The molecular formula is C24H19F3N4O2. The Hall–Kier alpha value is -4.14. The molecule has 0 spiro atoms. The Kier molecular flexibility index (Phi) is 6.12. The molecule has 0 saturated heterocycles. The number of benzodiazepines with no additional fused rings is 1. The van der Waals surface area contributed by atoms with Crippen molar-refractivity contribution in [3.63, 3.8) is 0 Å². The summed E-state index contributed by atoms with van der Waals surface area (Å²) in [7, 11) is 1.53. The largest absolute Gasteiger partial charge is 0.334 e. The number of carbonyl (C=O) groups excluding carboxylic acids is 2. The Balaban J connectivity index is 1.63. The van der Waals surface area contributed by atoms with Crippen LogP contribution < -0.4 is 15.5 Å². The lowest BCUT2D eigenvalue weighted by molar-refractivity contribution is -0.119. The zero-order valence-electron chi connectivity index (χ0n) is 17.5. The minimum atomic E-state index is -1.37. The standard InChI is InChI=1S/C24H19F3N4O2/c1-31-20-9-5-3-7-17(20)21(16-6-2-4-8-18(16)26)29-22(23(31)32)30-24(33)28-13-14-10-11-15(25)12-19(14)27/h2-12,22H,13H2,1H3,(H2,28,30,33). The number of halogens is 3. The molecule has 0 aromatic heterocycles. The number of nitrogens with one attached hydrogen (secondary N) is 2. The molecule has 1 aliphatic rings. The van der Waals surface area contributed by atoms with Gasteiger partial charge in [-0.25, -0.2) is 23.0 Å². The summed E-state index contributed by atoms with van der Waals surface area (Å²) in [6.45, 7) is -0.237. The highest BCUT2D eigenvalue weighted by molar-refractivity contribution is 6.20. The van der Waals surface area contributed by atoms with Gasteiger partial charge in [0.2, 0.25) is 6.17 Å². The van der Waals surface area contributed by atoms with Gasteiger partial charge in [0.1, 0.15) is 17.5 Å². The van der Waals surface area contributed by atoms with Gasteiger partial charge in [0.05, 0.1) is 11.4 Å². The second-order valence-corrected chi connectivity index (χ2v) is 7.34. The Morgan fingerprint density at radius 1 is 0.970 bits per heavy atom. The van der Waals surface area contributed by atoms with Crippen LogP contribution in [-0.4, -0.2) is 30.9 Å². The quantitative estimate of drug-likeness (QED) is 0.633. The molecule has 0 fully saturated rings. The predicted molar refractivity (Wildman–Crippen MR) is 117 cm³/mol. The van der Waals surface area contributed by atoms with E-state index in [-0.39, 0.29) is 23.4 Å². The maximum Gasteiger partial charge on any atom is 0.317 e. The van der Waals surface area contributed by atoms with Crippen LogP contribution in [0, 0.1) is 17.5 Å². The van der Waals surface area contributed by atoms with E-state index in [9.17, 15) is 22.8 Å². The van der Waals surface area contributed by atoms with Crippen LogP contribution in [0.15, 0.2) is 71.7 Å². The van der Waals surface area contributed by atoms with Crippen molar-refractivity contribution in [1.29, 1.82) is 0 Å². The molecule has 1 heterocycles. The fourth-order valence-corrected chi connectivity index (χ4v) is 3.50. The maximum absolute atomic E-state index is 14.6. The van der Waals surface area contributed by atoms with Gasteiger partial charge >= 0.3 is 6.03 Å².